The highest BCUT2D eigenvalue weighted by Gasteiger charge is 2.32. The highest BCUT2D eigenvalue weighted by atomic mass is 16.5. The summed E-state index contributed by atoms with van der Waals surface area (Å²) in [6.07, 6.45) is 1.25. The molecule has 3 heteroatoms. The van der Waals surface area contributed by atoms with Gasteiger partial charge in [-0.2, -0.15) is 0 Å². The first-order chi connectivity index (χ1) is 7.59. The predicted octanol–water partition coefficient (Wildman–Crippen LogP) is 2.40. The Bertz CT molecular complexity index is 370. The molecule has 16 heavy (non-hydrogen) atoms. The van der Waals surface area contributed by atoms with Crippen molar-refractivity contribution in [1.82, 2.24) is 0 Å². The van der Waals surface area contributed by atoms with Crippen LogP contribution in [0.15, 0.2) is 24.3 Å². The molecule has 0 fully saturated rings. The summed E-state index contributed by atoms with van der Waals surface area (Å²) in [7, 11) is 1.56. The Morgan fingerprint density at radius 3 is 2.38 bits per heavy atom. The standard InChI is InChI=1S/C13H19NO2/c1-4-13(14,5-2)12(15)10-8-6-7-9-11(10)16-3/h6-9H,4-5,14H2,1-3H3. The van der Waals surface area contributed by atoms with Crippen LogP contribution < -0.4 is 10.5 Å². The molecule has 2 N–H and O–H groups in total. The summed E-state index contributed by atoms with van der Waals surface area (Å²) in [6.45, 7) is 3.85. The van der Waals surface area contributed by atoms with Crippen molar-refractivity contribution >= 4 is 5.78 Å². The molecule has 0 bridgehead atoms. The molecule has 0 aliphatic heterocycles. The quantitative estimate of drug-likeness (QED) is 0.777. The minimum absolute atomic E-state index is 0.0463. The van der Waals surface area contributed by atoms with E-state index in [1.807, 2.05) is 26.0 Å². The van der Waals surface area contributed by atoms with Crippen LogP contribution >= 0.6 is 0 Å². The van der Waals surface area contributed by atoms with Gasteiger partial charge in [0.15, 0.2) is 5.78 Å². The van der Waals surface area contributed by atoms with Crippen LogP contribution in [0.3, 0.4) is 0 Å². The van der Waals surface area contributed by atoms with Gasteiger partial charge < -0.3 is 10.5 Å². The number of rotatable bonds is 5. The zero-order chi connectivity index (χ0) is 12.2. The molecule has 0 unspecified atom stereocenters. The molecule has 0 heterocycles. The van der Waals surface area contributed by atoms with Gasteiger partial charge in [0.2, 0.25) is 0 Å². The van der Waals surface area contributed by atoms with Gasteiger partial charge in [-0.15, -0.1) is 0 Å². The van der Waals surface area contributed by atoms with Crippen LogP contribution in [-0.4, -0.2) is 18.4 Å². The first-order valence-corrected chi connectivity index (χ1v) is 5.55. The number of carbonyl (C=O) groups excluding carboxylic acids is 1. The summed E-state index contributed by atoms with van der Waals surface area (Å²) in [6, 6.07) is 7.19. The van der Waals surface area contributed by atoms with Crippen molar-refractivity contribution in [1.29, 1.82) is 0 Å². The van der Waals surface area contributed by atoms with E-state index in [0.29, 0.717) is 24.2 Å². The Hall–Kier alpha value is -1.35. The lowest BCUT2D eigenvalue weighted by Gasteiger charge is -2.25. The van der Waals surface area contributed by atoms with Gasteiger partial charge in [0.25, 0.3) is 0 Å². The Morgan fingerprint density at radius 1 is 1.31 bits per heavy atom. The van der Waals surface area contributed by atoms with Gasteiger partial charge in [0, 0.05) is 0 Å². The van der Waals surface area contributed by atoms with Gasteiger partial charge in [0.1, 0.15) is 5.75 Å². The number of hydrogen-bond acceptors (Lipinski definition) is 3. The topological polar surface area (TPSA) is 52.3 Å². The first kappa shape index (κ1) is 12.7. The molecule has 0 spiro atoms. The van der Waals surface area contributed by atoms with E-state index < -0.39 is 5.54 Å². The second-order valence-electron chi connectivity index (χ2n) is 3.89. The molecule has 1 aromatic rings. The van der Waals surface area contributed by atoms with Crippen LogP contribution in [-0.2, 0) is 0 Å². The van der Waals surface area contributed by atoms with Crippen molar-refractivity contribution in [2.45, 2.75) is 32.2 Å². The van der Waals surface area contributed by atoms with E-state index in [9.17, 15) is 4.79 Å². The first-order valence-electron chi connectivity index (χ1n) is 5.55. The van der Waals surface area contributed by atoms with E-state index >= 15 is 0 Å². The Kier molecular flexibility index (Phi) is 4.07. The number of benzene rings is 1. The fourth-order valence-electron chi connectivity index (χ4n) is 1.67. The third kappa shape index (κ3) is 2.25. The van der Waals surface area contributed by atoms with Crippen LogP contribution in [0, 0.1) is 0 Å². The number of para-hydroxylation sites is 1. The van der Waals surface area contributed by atoms with E-state index in [4.69, 9.17) is 10.5 Å². The van der Waals surface area contributed by atoms with Crippen LogP contribution in [0.5, 0.6) is 5.75 Å². The van der Waals surface area contributed by atoms with Crippen molar-refractivity contribution in [2.75, 3.05) is 7.11 Å². The van der Waals surface area contributed by atoms with Crippen LogP contribution in [0.25, 0.3) is 0 Å². The van der Waals surface area contributed by atoms with Gasteiger partial charge in [-0.05, 0) is 25.0 Å². The monoisotopic (exact) mass is 221 g/mol. The molecule has 0 amide bonds. The minimum atomic E-state index is -0.783. The lowest BCUT2D eigenvalue weighted by Crippen LogP contribution is -2.46. The van der Waals surface area contributed by atoms with Crippen molar-refractivity contribution in [3.05, 3.63) is 29.8 Å². The third-order valence-electron chi connectivity index (χ3n) is 3.07. The SMILES string of the molecule is CCC(N)(CC)C(=O)c1ccccc1OC. The highest BCUT2D eigenvalue weighted by Crippen LogP contribution is 2.25. The summed E-state index contributed by atoms with van der Waals surface area (Å²) in [5.41, 5.74) is 5.87. The highest BCUT2D eigenvalue weighted by molar-refractivity contribution is 6.05. The molecular weight excluding hydrogens is 202 g/mol. The van der Waals surface area contributed by atoms with Crippen LogP contribution in [0.4, 0.5) is 0 Å². The van der Waals surface area contributed by atoms with Crippen molar-refractivity contribution < 1.29 is 9.53 Å². The van der Waals surface area contributed by atoms with E-state index in [0.717, 1.165) is 0 Å². The molecule has 0 radical (unpaired) electrons. The molecule has 0 aliphatic rings. The molecule has 0 aromatic heterocycles. The van der Waals surface area contributed by atoms with Gasteiger partial charge in [0.05, 0.1) is 18.2 Å². The Labute approximate surface area is 96.6 Å². The smallest absolute Gasteiger partial charge is 0.186 e. The zero-order valence-electron chi connectivity index (χ0n) is 10.1. The molecule has 1 aromatic carbocycles. The molecule has 0 aliphatic carbocycles. The van der Waals surface area contributed by atoms with E-state index in [1.165, 1.54) is 0 Å². The van der Waals surface area contributed by atoms with E-state index in [1.54, 1.807) is 19.2 Å². The number of ketones is 1. The largest absolute Gasteiger partial charge is 0.496 e. The second kappa shape index (κ2) is 5.12. The van der Waals surface area contributed by atoms with Crippen molar-refractivity contribution in [3.8, 4) is 5.75 Å². The normalized spacial score (nSPS) is 11.2. The molecule has 0 saturated heterocycles. The number of carbonyl (C=O) groups is 1. The zero-order valence-corrected chi connectivity index (χ0v) is 10.1. The maximum Gasteiger partial charge on any atom is 0.186 e. The molecule has 3 nitrogen and oxygen atoms in total. The van der Waals surface area contributed by atoms with E-state index in [-0.39, 0.29) is 5.78 Å². The molecule has 0 atom stereocenters. The second-order valence-corrected chi connectivity index (χ2v) is 3.89. The fraction of sp³-hybridized carbons (Fsp3) is 0.462. The Morgan fingerprint density at radius 2 is 1.88 bits per heavy atom. The number of ether oxygens (including phenoxy) is 1. The lowest BCUT2D eigenvalue weighted by molar-refractivity contribution is 0.0876. The van der Waals surface area contributed by atoms with Gasteiger partial charge in [-0.25, -0.2) is 0 Å². The van der Waals surface area contributed by atoms with E-state index in [2.05, 4.69) is 0 Å². The summed E-state index contributed by atoms with van der Waals surface area (Å²) >= 11 is 0. The number of hydrogen-bond donors (Lipinski definition) is 1. The molecular formula is C13H19NO2. The van der Waals surface area contributed by atoms with Gasteiger partial charge in [-0.1, -0.05) is 26.0 Å². The molecule has 0 saturated carbocycles. The average molecular weight is 221 g/mol. The van der Waals surface area contributed by atoms with Crippen molar-refractivity contribution in [2.24, 2.45) is 5.73 Å². The lowest BCUT2D eigenvalue weighted by atomic mass is 9.85. The molecule has 88 valence electrons. The Balaban J connectivity index is 3.13. The third-order valence-corrected chi connectivity index (χ3v) is 3.07. The summed E-state index contributed by atoms with van der Waals surface area (Å²) in [4.78, 5) is 12.3. The number of methoxy groups -OCH3 is 1. The van der Waals surface area contributed by atoms with Crippen molar-refractivity contribution in [3.63, 3.8) is 0 Å². The maximum atomic E-state index is 12.3. The van der Waals surface area contributed by atoms with Gasteiger partial charge >= 0.3 is 0 Å². The van der Waals surface area contributed by atoms with Crippen LogP contribution in [0.1, 0.15) is 37.0 Å². The molecule has 1 rings (SSSR count). The summed E-state index contributed by atoms with van der Waals surface area (Å²) in [5.74, 6) is 0.541. The average Bonchev–Trinajstić information content (AvgIpc) is 2.36. The van der Waals surface area contributed by atoms with Crippen LogP contribution in [0.2, 0.25) is 0 Å². The number of nitrogens with two attached hydrogens (primary N) is 1. The predicted molar refractivity (Wildman–Crippen MR) is 64.8 cm³/mol. The fourth-order valence-corrected chi connectivity index (χ4v) is 1.67. The minimum Gasteiger partial charge on any atom is -0.496 e. The summed E-state index contributed by atoms with van der Waals surface area (Å²) in [5, 5.41) is 0. The van der Waals surface area contributed by atoms with Gasteiger partial charge in [-0.3, -0.25) is 4.79 Å². The summed E-state index contributed by atoms with van der Waals surface area (Å²) < 4.78 is 5.17. The number of Topliss-reactive ketones (excluding diaryl/α,β-unsaturated/α-hetero) is 1. The maximum absolute atomic E-state index is 12.3.